The Bertz CT molecular complexity index is 441. The fraction of sp³-hybridized carbons (Fsp3) is 0.571. The van der Waals surface area contributed by atoms with Crippen LogP contribution >= 0.6 is 0 Å². The molecule has 1 aromatic heterocycles. The molecule has 2 amide bonds. The molecule has 110 valence electrons. The van der Waals surface area contributed by atoms with E-state index in [9.17, 15) is 9.59 Å². The van der Waals surface area contributed by atoms with Crippen molar-refractivity contribution in [2.45, 2.75) is 44.8 Å². The summed E-state index contributed by atoms with van der Waals surface area (Å²) in [6.07, 6.45) is 4.14. The van der Waals surface area contributed by atoms with Gasteiger partial charge in [0.15, 0.2) is 0 Å². The average Bonchev–Trinajstić information content (AvgIpc) is 3.07. The maximum Gasteiger partial charge on any atom is 0.237 e. The average molecular weight is 279 g/mol. The first-order valence-corrected chi connectivity index (χ1v) is 6.98. The summed E-state index contributed by atoms with van der Waals surface area (Å²) >= 11 is 0. The molecule has 20 heavy (non-hydrogen) atoms. The van der Waals surface area contributed by atoms with Crippen molar-refractivity contribution in [3.63, 3.8) is 0 Å². The fourth-order valence-corrected chi connectivity index (χ4v) is 1.76. The van der Waals surface area contributed by atoms with E-state index in [-0.39, 0.29) is 17.9 Å². The minimum atomic E-state index is -0.335. The normalized spacial score (nSPS) is 15.7. The smallest absolute Gasteiger partial charge is 0.237 e. The number of amides is 2. The monoisotopic (exact) mass is 279 g/mol. The van der Waals surface area contributed by atoms with Gasteiger partial charge in [0.25, 0.3) is 0 Å². The van der Waals surface area contributed by atoms with Crippen LogP contribution in [0.2, 0.25) is 0 Å². The van der Waals surface area contributed by atoms with Crippen molar-refractivity contribution in [1.29, 1.82) is 0 Å². The van der Waals surface area contributed by atoms with Crippen LogP contribution in [0.25, 0.3) is 0 Å². The van der Waals surface area contributed by atoms with E-state index in [4.69, 9.17) is 4.42 Å². The van der Waals surface area contributed by atoms with Gasteiger partial charge in [-0.05, 0) is 31.9 Å². The van der Waals surface area contributed by atoms with E-state index in [1.54, 1.807) is 25.3 Å². The minimum Gasteiger partial charge on any atom is -0.467 e. The maximum atomic E-state index is 11.8. The molecule has 0 saturated heterocycles. The molecular formula is C14H21N3O3. The highest BCUT2D eigenvalue weighted by atomic mass is 16.3. The highest BCUT2D eigenvalue weighted by Crippen LogP contribution is 2.18. The minimum absolute atomic E-state index is 0.0446. The predicted octanol–water partition coefficient (Wildman–Crippen LogP) is 0.543. The number of carbonyl (C=O) groups excluding carboxylic acids is 2. The largest absolute Gasteiger partial charge is 0.467 e. The van der Waals surface area contributed by atoms with Crippen LogP contribution < -0.4 is 16.0 Å². The number of rotatable bonds is 8. The van der Waals surface area contributed by atoms with E-state index in [1.807, 2.05) is 0 Å². The predicted molar refractivity (Wildman–Crippen MR) is 73.8 cm³/mol. The van der Waals surface area contributed by atoms with E-state index in [1.165, 1.54) is 0 Å². The molecule has 1 saturated carbocycles. The molecule has 0 aliphatic heterocycles. The molecule has 1 aromatic rings. The summed E-state index contributed by atoms with van der Waals surface area (Å²) in [5.74, 6) is 0.654. The van der Waals surface area contributed by atoms with Crippen LogP contribution in [0.5, 0.6) is 0 Å². The molecule has 0 bridgehead atoms. The summed E-state index contributed by atoms with van der Waals surface area (Å²) in [5.41, 5.74) is 0. The lowest BCUT2D eigenvalue weighted by Crippen LogP contribution is -2.43. The first-order valence-electron chi connectivity index (χ1n) is 6.98. The molecule has 1 atom stereocenters. The molecule has 6 heteroatoms. The van der Waals surface area contributed by atoms with Crippen molar-refractivity contribution in [3.8, 4) is 0 Å². The third kappa shape index (κ3) is 5.05. The fourth-order valence-electron chi connectivity index (χ4n) is 1.76. The Labute approximate surface area is 118 Å². The van der Waals surface area contributed by atoms with Crippen molar-refractivity contribution >= 4 is 11.8 Å². The maximum absolute atomic E-state index is 11.8. The molecule has 1 fully saturated rings. The van der Waals surface area contributed by atoms with E-state index < -0.39 is 0 Å². The number of hydrogen-bond donors (Lipinski definition) is 3. The first-order chi connectivity index (χ1) is 9.65. The number of carbonyl (C=O) groups is 2. The van der Waals surface area contributed by atoms with Gasteiger partial charge < -0.3 is 20.4 Å². The Balaban J connectivity index is 1.57. The third-order valence-electron chi connectivity index (χ3n) is 3.16. The molecule has 3 N–H and O–H groups in total. The number of nitrogens with one attached hydrogen (secondary N) is 3. The van der Waals surface area contributed by atoms with E-state index in [0.29, 0.717) is 25.6 Å². The SMILES string of the molecule is CC(NCCC(=O)NC1CC1)C(=O)NCc1ccco1. The number of hydrogen-bond acceptors (Lipinski definition) is 4. The molecule has 0 radical (unpaired) electrons. The van der Waals surface area contributed by atoms with Gasteiger partial charge in [0.2, 0.25) is 11.8 Å². The van der Waals surface area contributed by atoms with Crippen LogP contribution in [-0.2, 0) is 16.1 Å². The van der Waals surface area contributed by atoms with Crippen LogP contribution in [0.15, 0.2) is 22.8 Å². The zero-order chi connectivity index (χ0) is 14.4. The van der Waals surface area contributed by atoms with Gasteiger partial charge in [-0.2, -0.15) is 0 Å². The van der Waals surface area contributed by atoms with Gasteiger partial charge >= 0.3 is 0 Å². The molecule has 6 nitrogen and oxygen atoms in total. The van der Waals surface area contributed by atoms with Crippen molar-refractivity contribution < 1.29 is 14.0 Å². The van der Waals surface area contributed by atoms with E-state index in [0.717, 1.165) is 18.6 Å². The Hall–Kier alpha value is -1.82. The standard InChI is InChI=1S/C14H21N3O3/c1-10(14(19)16-9-12-3-2-8-20-12)15-7-6-13(18)17-11-4-5-11/h2-3,8,10-11,15H,4-7,9H2,1H3,(H,16,19)(H,17,18). The molecule has 1 aliphatic carbocycles. The van der Waals surface area contributed by atoms with Gasteiger partial charge in [0, 0.05) is 19.0 Å². The zero-order valence-corrected chi connectivity index (χ0v) is 11.6. The van der Waals surface area contributed by atoms with Crippen LogP contribution in [0.1, 0.15) is 31.9 Å². The van der Waals surface area contributed by atoms with Gasteiger partial charge in [0.05, 0.1) is 18.8 Å². The molecule has 0 aromatic carbocycles. The lowest BCUT2D eigenvalue weighted by Gasteiger charge is -2.13. The van der Waals surface area contributed by atoms with Gasteiger partial charge in [-0.1, -0.05) is 0 Å². The lowest BCUT2D eigenvalue weighted by molar-refractivity contribution is -0.124. The van der Waals surface area contributed by atoms with Gasteiger partial charge in [-0.15, -0.1) is 0 Å². The molecular weight excluding hydrogens is 258 g/mol. The third-order valence-corrected chi connectivity index (χ3v) is 3.16. The summed E-state index contributed by atoms with van der Waals surface area (Å²) in [7, 11) is 0. The summed E-state index contributed by atoms with van der Waals surface area (Å²) in [6, 6.07) is 3.64. The Kier molecular flexibility index (Phi) is 5.17. The van der Waals surface area contributed by atoms with Crippen molar-refractivity contribution in [3.05, 3.63) is 24.2 Å². The zero-order valence-electron chi connectivity index (χ0n) is 11.6. The molecule has 1 heterocycles. The number of furan rings is 1. The molecule has 1 aliphatic rings. The quantitative estimate of drug-likeness (QED) is 0.648. The lowest BCUT2D eigenvalue weighted by atomic mass is 10.3. The highest BCUT2D eigenvalue weighted by molar-refractivity contribution is 5.81. The highest BCUT2D eigenvalue weighted by Gasteiger charge is 2.23. The summed E-state index contributed by atoms with van der Waals surface area (Å²) in [5, 5.41) is 8.71. The molecule has 1 unspecified atom stereocenters. The van der Waals surface area contributed by atoms with Crippen LogP contribution in [0.4, 0.5) is 0 Å². The second-order valence-electron chi connectivity index (χ2n) is 5.06. The Morgan fingerprint density at radius 2 is 2.25 bits per heavy atom. The summed E-state index contributed by atoms with van der Waals surface area (Å²) in [6.45, 7) is 2.64. The van der Waals surface area contributed by atoms with Crippen LogP contribution in [-0.4, -0.2) is 30.4 Å². The van der Waals surface area contributed by atoms with Crippen molar-refractivity contribution in [2.75, 3.05) is 6.54 Å². The van der Waals surface area contributed by atoms with E-state index in [2.05, 4.69) is 16.0 Å². The second kappa shape index (κ2) is 7.09. The Morgan fingerprint density at radius 3 is 2.90 bits per heavy atom. The van der Waals surface area contributed by atoms with Crippen LogP contribution in [0, 0.1) is 0 Å². The summed E-state index contributed by atoms with van der Waals surface area (Å²) in [4.78, 5) is 23.2. The van der Waals surface area contributed by atoms with Crippen molar-refractivity contribution in [1.82, 2.24) is 16.0 Å². The van der Waals surface area contributed by atoms with Gasteiger partial charge in [0.1, 0.15) is 5.76 Å². The Morgan fingerprint density at radius 1 is 1.45 bits per heavy atom. The van der Waals surface area contributed by atoms with Gasteiger partial charge in [-0.3, -0.25) is 9.59 Å². The topological polar surface area (TPSA) is 83.4 Å². The molecule has 2 rings (SSSR count). The first kappa shape index (κ1) is 14.6. The second-order valence-corrected chi connectivity index (χ2v) is 5.06. The molecule has 0 spiro atoms. The van der Waals surface area contributed by atoms with Gasteiger partial charge in [-0.25, -0.2) is 0 Å². The van der Waals surface area contributed by atoms with Crippen molar-refractivity contribution in [2.24, 2.45) is 0 Å². The van der Waals surface area contributed by atoms with E-state index >= 15 is 0 Å². The summed E-state index contributed by atoms with van der Waals surface area (Å²) < 4.78 is 5.13. The van der Waals surface area contributed by atoms with Crippen LogP contribution in [0.3, 0.4) is 0 Å².